The van der Waals surface area contributed by atoms with Crippen molar-refractivity contribution >= 4 is 39.3 Å². The molecule has 0 atom stereocenters. The molecule has 0 radical (unpaired) electrons. The van der Waals surface area contributed by atoms with E-state index >= 15 is 0 Å². The molecule has 0 saturated carbocycles. The third kappa shape index (κ3) is 3.19. The third-order valence-corrected chi connectivity index (χ3v) is 6.96. The number of fused-ring (bicyclic) bond motifs is 3. The molecule has 4 rings (SSSR count). The lowest BCUT2D eigenvalue weighted by Crippen LogP contribution is -2.23. The van der Waals surface area contributed by atoms with Crippen LogP contribution >= 0.6 is 23.1 Å². The summed E-state index contributed by atoms with van der Waals surface area (Å²) in [6.45, 7) is 3.99. The number of thioether (sulfide) groups is 1. The summed E-state index contributed by atoms with van der Waals surface area (Å²) < 4.78 is 6.43. The molecule has 5 nitrogen and oxygen atoms in total. The average Bonchev–Trinajstić information content (AvgIpc) is 3.22. The minimum Gasteiger partial charge on any atom is -0.468 e. The Morgan fingerprint density at radius 1 is 1.33 bits per heavy atom. The summed E-state index contributed by atoms with van der Waals surface area (Å²) in [5.74, 6) is -0.222. The fraction of sp³-hybridized carbons (Fsp3) is 0.350. The van der Waals surface area contributed by atoms with Gasteiger partial charge in [-0.25, -0.2) is 4.98 Å². The van der Waals surface area contributed by atoms with Crippen LogP contribution in [0.25, 0.3) is 15.9 Å². The fourth-order valence-corrected chi connectivity index (χ4v) is 5.62. The maximum Gasteiger partial charge on any atom is 0.316 e. The van der Waals surface area contributed by atoms with Crippen LogP contribution in [0.2, 0.25) is 0 Å². The second-order valence-corrected chi connectivity index (χ2v) is 8.75. The van der Waals surface area contributed by atoms with Crippen molar-refractivity contribution in [1.82, 2.24) is 9.55 Å². The van der Waals surface area contributed by atoms with E-state index in [1.165, 1.54) is 23.7 Å². The van der Waals surface area contributed by atoms with Crippen molar-refractivity contribution in [2.45, 2.75) is 38.3 Å². The zero-order valence-electron chi connectivity index (χ0n) is 15.5. The van der Waals surface area contributed by atoms with Gasteiger partial charge in [-0.3, -0.25) is 14.2 Å². The van der Waals surface area contributed by atoms with Crippen molar-refractivity contribution in [3.63, 3.8) is 0 Å². The number of aryl methyl sites for hydroxylation is 4. The van der Waals surface area contributed by atoms with Gasteiger partial charge in [0.1, 0.15) is 4.83 Å². The highest BCUT2D eigenvalue weighted by molar-refractivity contribution is 7.99. The number of esters is 1. The summed E-state index contributed by atoms with van der Waals surface area (Å²) in [7, 11) is 1.36. The Balaban J connectivity index is 1.98. The van der Waals surface area contributed by atoms with E-state index in [0.717, 1.165) is 51.9 Å². The monoisotopic (exact) mass is 400 g/mol. The first-order valence-corrected chi connectivity index (χ1v) is 10.6. The predicted octanol–water partition coefficient (Wildman–Crippen LogP) is 3.82. The molecule has 0 unspecified atom stereocenters. The first-order chi connectivity index (χ1) is 13.0. The zero-order chi connectivity index (χ0) is 19.1. The Hall–Kier alpha value is -2.12. The van der Waals surface area contributed by atoms with Gasteiger partial charge in [-0.15, -0.1) is 11.3 Å². The Kier molecular flexibility index (Phi) is 4.82. The molecule has 0 fully saturated rings. The second-order valence-electron chi connectivity index (χ2n) is 6.73. The van der Waals surface area contributed by atoms with Crippen LogP contribution < -0.4 is 5.56 Å². The molecule has 2 heterocycles. The van der Waals surface area contributed by atoms with Gasteiger partial charge in [0.2, 0.25) is 0 Å². The Bertz CT molecular complexity index is 1110. The van der Waals surface area contributed by atoms with Crippen molar-refractivity contribution < 1.29 is 9.53 Å². The first-order valence-electron chi connectivity index (χ1n) is 8.84. The number of rotatable bonds is 4. The highest BCUT2D eigenvalue weighted by atomic mass is 32.2. The third-order valence-electron chi connectivity index (χ3n) is 4.86. The summed E-state index contributed by atoms with van der Waals surface area (Å²) in [5, 5.41) is 1.28. The summed E-state index contributed by atoms with van der Waals surface area (Å²) >= 11 is 2.85. The Morgan fingerprint density at radius 2 is 2.15 bits per heavy atom. The zero-order valence-corrected chi connectivity index (χ0v) is 17.1. The van der Waals surface area contributed by atoms with Crippen LogP contribution in [-0.4, -0.2) is 28.4 Å². The van der Waals surface area contributed by atoms with Crippen LogP contribution in [0.1, 0.15) is 28.0 Å². The van der Waals surface area contributed by atoms with Gasteiger partial charge in [-0.05, 0) is 55.9 Å². The molecule has 3 aromatic rings. The number of aromatic nitrogens is 2. The maximum absolute atomic E-state index is 13.5. The minimum absolute atomic E-state index is 0.0412. The van der Waals surface area contributed by atoms with Gasteiger partial charge in [-0.2, -0.15) is 0 Å². The van der Waals surface area contributed by atoms with Crippen LogP contribution in [0.3, 0.4) is 0 Å². The van der Waals surface area contributed by atoms with Crippen molar-refractivity contribution in [3.05, 3.63) is 50.1 Å². The van der Waals surface area contributed by atoms with E-state index in [0.29, 0.717) is 5.16 Å². The van der Waals surface area contributed by atoms with Gasteiger partial charge in [0.05, 0.1) is 23.9 Å². The number of benzene rings is 1. The van der Waals surface area contributed by atoms with Crippen molar-refractivity contribution in [1.29, 1.82) is 0 Å². The molecule has 7 heteroatoms. The number of methoxy groups -OCH3 is 1. The van der Waals surface area contributed by atoms with E-state index in [1.54, 1.807) is 15.9 Å². The highest BCUT2D eigenvalue weighted by Crippen LogP contribution is 2.36. The number of thiophene rings is 1. The van der Waals surface area contributed by atoms with E-state index in [2.05, 4.69) is 0 Å². The molecule has 0 bridgehead atoms. The number of carbonyl (C=O) groups is 1. The molecule has 0 amide bonds. The minimum atomic E-state index is -0.337. The standard InChI is InChI=1S/C20H20N2O3S2/c1-11-7-8-12(2)14(9-11)22-19(24)17-13-5-4-6-15(13)27-18(17)21-20(22)26-10-16(23)25-3/h7-9H,4-6,10H2,1-3H3. The number of nitrogens with zero attached hydrogens (tertiary/aromatic N) is 2. The molecule has 0 aliphatic heterocycles. The van der Waals surface area contributed by atoms with E-state index in [4.69, 9.17) is 9.72 Å². The van der Waals surface area contributed by atoms with E-state index < -0.39 is 0 Å². The fourth-order valence-electron chi connectivity index (χ4n) is 3.48. The first kappa shape index (κ1) is 18.3. The van der Waals surface area contributed by atoms with Crippen LogP contribution in [0.5, 0.6) is 0 Å². The van der Waals surface area contributed by atoms with Crippen molar-refractivity contribution in [2.75, 3.05) is 12.9 Å². The maximum atomic E-state index is 13.5. The lowest BCUT2D eigenvalue weighted by Gasteiger charge is -2.15. The molecule has 1 aromatic carbocycles. The molecule has 0 N–H and O–H groups in total. The normalized spacial score (nSPS) is 13.1. The molecule has 140 valence electrons. The van der Waals surface area contributed by atoms with Gasteiger partial charge in [0.25, 0.3) is 5.56 Å². The lowest BCUT2D eigenvalue weighted by atomic mass is 10.1. The number of hydrogen-bond donors (Lipinski definition) is 0. The highest BCUT2D eigenvalue weighted by Gasteiger charge is 2.24. The van der Waals surface area contributed by atoms with Crippen LogP contribution in [0.4, 0.5) is 0 Å². The average molecular weight is 401 g/mol. The summed E-state index contributed by atoms with van der Waals surface area (Å²) in [4.78, 5) is 32.1. The molecule has 27 heavy (non-hydrogen) atoms. The molecular weight excluding hydrogens is 380 g/mol. The van der Waals surface area contributed by atoms with E-state index in [1.807, 2.05) is 32.0 Å². The Morgan fingerprint density at radius 3 is 2.93 bits per heavy atom. The number of ether oxygens (including phenoxy) is 1. The number of hydrogen-bond acceptors (Lipinski definition) is 6. The Labute approximate surface area is 165 Å². The second kappa shape index (κ2) is 7.13. The summed E-state index contributed by atoms with van der Waals surface area (Å²) in [5.41, 5.74) is 4.01. The predicted molar refractivity (Wildman–Crippen MR) is 109 cm³/mol. The van der Waals surface area contributed by atoms with Gasteiger partial charge < -0.3 is 4.74 Å². The summed E-state index contributed by atoms with van der Waals surface area (Å²) in [6.07, 6.45) is 3.05. The molecule has 2 aromatic heterocycles. The van der Waals surface area contributed by atoms with Gasteiger partial charge in [-0.1, -0.05) is 23.9 Å². The molecule has 1 aliphatic rings. The molecule has 0 saturated heterocycles. The van der Waals surface area contributed by atoms with Crippen molar-refractivity contribution in [3.8, 4) is 5.69 Å². The number of carbonyl (C=O) groups excluding carboxylic acids is 1. The topological polar surface area (TPSA) is 61.2 Å². The SMILES string of the molecule is COC(=O)CSc1nc2sc3c(c2c(=O)n1-c1cc(C)ccc1C)CCC3. The van der Waals surface area contributed by atoms with Crippen LogP contribution in [-0.2, 0) is 22.4 Å². The quantitative estimate of drug-likeness (QED) is 0.379. The van der Waals surface area contributed by atoms with Crippen LogP contribution in [0.15, 0.2) is 28.2 Å². The van der Waals surface area contributed by atoms with Gasteiger partial charge >= 0.3 is 5.97 Å². The van der Waals surface area contributed by atoms with Gasteiger partial charge in [0, 0.05) is 4.88 Å². The van der Waals surface area contributed by atoms with E-state index in [9.17, 15) is 9.59 Å². The smallest absolute Gasteiger partial charge is 0.316 e. The molecular formula is C20H20N2O3S2. The molecule has 0 spiro atoms. The van der Waals surface area contributed by atoms with E-state index in [-0.39, 0.29) is 17.3 Å². The van der Waals surface area contributed by atoms with Crippen LogP contribution in [0, 0.1) is 13.8 Å². The summed E-state index contributed by atoms with van der Waals surface area (Å²) in [6, 6.07) is 6.03. The molecule has 1 aliphatic carbocycles. The van der Waals surface area contributed by atoms with Gasteiger partial charge in [0.15, 0.2) is 5.16 Å². The van der Waals surface area contributed by atoms with Crippen molar-refractivity contribution in [2.24, 2.45) is 0 Å². The lowest BCUT2D eigenvalue weighted by molar-refractivity contribution is -0.137. The largest absolute Gasteiger partial charge is 0.468 e.